The second-order valence-electron chi connectivity index (χ2n) is 4.14. The molecular weight excluding hydrogens is 344 g/mol. The average molecular weight is 356 g/mol. The fourth-order valence-corrected chi connectivity index (χ4v) is 2.46. The molecule has 0 amide bonds. The summed E-state index contributed by atoms with van der Waals surface area (Å²) in [6, 6.07) is 10.6. The Balaban J connectivity index is 2.29. The highest BCUT2D eigenvalue weighted by atomic mass is 79.9. The van der Waals surface area contributed by atoms with E-state index in [9.17, 15) is 0 Å². The first-order valence-electron chi connectivity index (χ1n) is 5.72. The van der Waals surface area contributed by atoms with Crippen LogP contribution in [-0.2, 0) is 0 Å². The monoisotopic (exact) mass is 354 g/mol. The van der Waals surface area contributed by atoms with E-state index < -0.39 is 0 Å². The van der Waals surface area contributed by atoms with Crippen LogP contribution in [0.2, 0.25) is 5.02 Å². The Bertz CT molecular complexity index is 674. The molecule has 104 valence electrons. The molecule has 0 unspecified atom stereocenters. The lowest BCUT2D eigenvalue weighted by Gasteiger charge is -2.10. The van der Waals surface area contributed by atoms with Gasteiger partial charge in [0.05, 0.1) is 0 Å². The summed E-state index contributed by atoms with van der Waals surface area (Å²) in [5, 5.41) is 12.3. The van der Waals surface area contributed by atoms with Crippen molar-refractivity contribution in [3.8, 4) is 11.5 Å². The van der Waals surface area contributed by atoms with Gasteiger partial charge in [-0.15, -0.1) is 0 Å². The summed E-state index contributed by atoms with van der Waals surface area (Å²) in [5.41, 5.74) is 7.08. The van der Waals surface area contributed by atoms with Crippen LogP contribution >= 0.6 is 27.5 Å². The van der Waals surface area contributed by atoms with Crippen molar-refractivity contribution >= 4 is 33.4 Å². The zero-order chi connectivity index (χ0) is 14.7. The third kappa shape index (κ3) is 3.23. The topological polar surface area (TPSA) is 67.8 Å². The standard InChI is InChI=1S/C14H12BrClN2O2/c1-8-6-9(16)2-5-13(8)20-10-3-4-11(12(15)7-10)14(17)18-19/h2-7,19H,1H3,(H2,17,18). The van der Waals surface area contributed by atoms with Gasteiger partial charge in [0.2, 0.25) is 0 Å². The zero-order valence-corrected chi connectivity index (χ0v) is 12.9. The van der Waals surface area contributed by atoms with Crippen molar-refractivity contribution in [2.24, 2.45) is 10.9 Å². The van der Waals surface area contributed by atoms with Crippen LogP contribution < -0.4 is 10.5 Å². The highest BCUT2D eigenvalue weighted by Crippen LogP contribution is 2.30. The number of rotatable bonds is 3. The molecule has 2 aromatic rings. The summed E-state index contributed by atoms with van der Waals surface area (Å²) in [5.74, 6) is 1.39. The second-order valence-corrected chi connectivity index (χ2v) is 5.43. The molecule has 0 aliphatic rings. The Morgan fingerprint density at radius 1 is 1.30 bits per heavy atom. The first-order chi connectivity index (χ1) is 9.51. The lowest BCUT2D eigenvalue weighted by atomic mass is 10.2. The largest absolute Gasteiger partial charge is 0.457 e. The lowest BCUT2D eigenvalue weighted by Crippen LogP contribution is -2.13. The molecule has 0 radical (unpaired) electrons. The van der Waals surface area contributed by atoms with Crippen LogP contribution in [-0.4, -0.2) is 11.0 Å². The van der Waals surface area contributed by atoms with Crippen LogP contribution in [0.15, 0.2) is 46.0 Å². The van der Waals surface area contributed by atoms with Crippen molar-refractivity contribution < 1.29 is 9.94 Å². The molecule has 2 aromatic carbocycles. The van der Waals surface area contributed by atoms with Gasteiger partial charge >= 0.3 is 0 Å². The van der Waals surface area contributed by atoms with Gasteiger partial charge in [-0.25, -0.2) is 0 Å². The quantitative estimate of drug-likeness (QED) is 0.373. The van der Waals surface area contributed by atoms with Crippen molar-refractivity contribution in [2.45, 2.75) is 6.92 Å². The molecular formula is C14H12BrClN2O2. The molecule has 0 bridgehead atoms. The van der Waals surface area contributed by atoms with Crippen LogP contribution in [0.25, 0.3) is 0 Å². The van der Waals surface area contributed by atoms with E-state index in [0.29, 0.717) is 20.8 Å². The number of nitrogens with two attached hydrogens (primary N) is 1. The predicted molar refractivity (Wildman–Crippen MR) is 82.9 cm³/mol. The van der Waals surface area contributed by atoms with E-state index in [2.05, 4.69) is 21.1 Å². The van der Waals surface area contributed by atoms with Crippen LogP contribution in [0.1, 0.15) is 11.1 Å². The normalized spacial score (nSPS) is 11.4. The van der Waals surface area contributed by atoms with Crippen molar-refractivity contribution in [3.63, 3.8) is 0 Å². The van der Waals surface area contributed by atoms with Gasteiger partial charge in [0.25, 0.3) is 0 Å². The molecule has 2 rings (SSSR count). The Labute approximate surface area is 129 Å². The maximum Gasteiger partial charge on any atom is 0.171 e. The molecule has 0 fully saturated rings. The average Bonchev–Trinajstić information content (AvgIpc) is 2.41. The molecule has 0 aliphatic heterocycles. The van der Waals surface area contributed by atoms with Gasteiger partial charge in [0.15, 0.2) is 5.84 Å². The molecule has 4 nitrogen and oxygen atoms in total. The van der Waals surface area contributed by atoms with E-state index in [0.717, 1.165) is 11.3 Å². The summed E-state index contributed by atoms with van der Waals surface area (Å²) in [7, 11) is 0. The number of nitrogens with zero attached hydrogens (tertiary/aromatic N) is 1. The lowest BCUT2D eigenvalue weighted by molar-refractivity contribution is 0.318. The van der Waals surface area contributed by atoms with Crippen LogP contribution in [0.5, 0.6) is 11.5 Å². The van der Waals surface area contributed by atoms with Gasteiger partial charge in [-0.2, -0.15) is 0 Å². The Morgan fingerprint density at radius 3 is 2.65 bits per heavy atom. The first kappa shape index (κ1) is 14.7. The number of amidine groups is 1. The first-order valence-corrected chi connectivity index (χ1v) is 6.90. The number of benzene rings is 2. The molecule has 0 atom stereocenters. The van der Waals surface area contributed by atoms with E-state index in [-0.39, 0.29) is 5.84 Å². The van der Waals surface area contributed by atoms with E-state index in [1.54, 1.807) is 24.3 Å². The van der Waals surface area contributed by atoms with E-state index in [1.807, 2.05) is 19.1 Å². The maximum absolute atomic E-state index is 8.68. The number of halogens is 2. The third-order valence-electron chi connectivity index (χ3n) is 2.69. The summed E-state index contributed by atoms with van der Waals surface area (Å²) >= 11 is 9.26. The maximum atomic E-state index is 8.68. The van der Waals surface area contributed by atoms with Crippen molar-refractivity contribution in [1.82, 2.24) is 0 Å². The minimum atomic E-state index is 0.0334. The van der Waals surface area contributed by atoms with Crippen molar-refractivity contribution in [1.29, 1.82) is 0 Å². The third-order valence-corrected chi connectivity index (χ3v) is 3.58. The van der Waals surface area contributed by atoms with Gasteiger partial charge in [-0.05, 0) is 64.8 Å². The Kier molecular flexibility index (Phi) is 4.52. The fraction of sp³-hybridized carbons (Fsp3) is 0.0714. The number of aryl methyl sites for hydroxylation is 1. The van der Waals surface area contributed by atoms with Crippen molar-refractivity contribution in [2.75, 3.05) is 0 Å². The molecule has 0 saturated heterocycles. The number of hydrogen-bond donors (Lipinski definition) is 2. The van der Waals surface area contributed by atoms with Crippen molar-refractivity contribution in [3.05, 3.63) is 57.0 Å². The molecule has 20 heavy (non-hydrogen) atoms. The van der Waals surface area contributed by atoms with Gasteiger partial charge in [-0.1, -0.05) is 16.8 Å². The molecule has 0 heterocycles. The number of ether oxygens (including phenoxy) is 1. The molecule has 0 spiro atoms. The van der Waals surface area contributed by atoms with Crippen LogP contribution in [0.4, 0.5) is 0 Å². The molecule has 0 aliphatic carbocycles. The van der Waals surface area contributed by atoms with Gasteiger partial charge in [0.1, 0.15) is 11.5 Å². The smallest absolute Gasteiger partial charge is 0.171 e. The molecule has 3 N–H and O–H groups in total. The Morgan fingerprint density at radius 2 is 2.05 bits per heavy atom. The van der Waals surface area contributed by atoms with Gasteiger partial charge in [-0.3, -0.25) is 0 Å². The Hall–Kier alpha value is -1.72. The highest BCUT2D eigenvalue weighted by Gasteiger charge is 2.08. The highest BCUT2D eigenvalue weighted by molar-refractivity contribution is 9.10. The predicted octanol–water partition coefficient (Wildman–Crippen LogP) is 4.30. The summed E-state index contributed by atoms with van der Waals surface area (Å²) in [6.45, 7) is 1.92. The number of oxime groups is 1. The van der Waals surface area contributed by atoms with E-state index in [1.165, 1.54) is 0 Å². The SMILES string of the molecule is Cc1cc(Cl)ccc1Oc1ccc(/C(N)=N/O)c(Br)c1. The van der Waals surface area contributed by atoms with Crippen LogP contribution in [0.3, 0.4) is 0 Å². The molecule has 0 saturated carbocycles. The van der Waals surface area contributed by atoms with Crippen LogP contribution in [0, 0.1) is 6.92 Å². The second kappa shape index (κ2) is 6.15. The minimum Gasteiger partial charge on any atom is -0.457 e. The number of hydrogen-bond acceptors (Lipinski definition) is 3. The van der Waals surface area contributed by atoms with Gasteiger partial charge < -0.3 is 15.7 Å². The minimum absolute atomic E-state index is 0.0334. The van der Waals surface area contributed by atoms with E-state index in [4.69, 9.17) is 27.3 Å². The summed E-state index contributed by atoms with van der Waals surface area (Å²) < 4.78 is 6.46. The fourth-order valence-electron chi connectivity index (χ4n) is 1.68. The molecule has 0 aromatic heterocycles. The zero-order valence-electron chi connectivity index (χ0n) is 10.6. The summed E-state index contributed by atoms with van der Waals surface area (Å²) in [4.78, 5) is 0. The summed E-state index contributed by atoms with van der Waals surface area (Å²) in [6.07, 6.45) is 0. The molecule has 6 heteroatoms. The van der Waals surface area contributed by atoms with Gasteiger partial charge in [0, 0.05) is 15.1 Å². The van der Waals surface area contributed by atoms with E-state index >= 15 is 0 Å².